The summed E-state index contributed by atoms with van der Waals surface area (Å²) in [6, 6.07) is 0. The van der Waals surface area contributed by atoms with Gasteiger partial charge < -0.3 is 86.1 Å². The Balaban J connectivity index is 0.000000884. The molecule has 73 heavy (non-hydrogen) atoms. The van der Waals surface area contributed by atoms with E-state index in [1.807, 2.05) is 5.92 Å². The van der Waals surface area contributed by atoms with Crippen molar-refractivity contribution in [1.29, 1.82) is 5.16 Å². The minimum absolute atomic E-state index is 0.0741. The van der Waals surface area contributed by atoms with Gasteiger partial charge in [0.2, 0.25) is 0 Å². The van der Waals surface area contributed by atoms with Crippen molar-refractivity contribution in [2.45, 2.75) is 80.1 Å². The highest BCUT2D eigenvalue weighted by atomic mass is 32.0. The molecule has 0 saturated carbocycles. The first kappa shape index (κ1) is 69.3. The molecule has 0 radical (unpaired) electrons. The van der Waals surface area contributed by atoms with E-state index in [1.165, 1.54) is 17.2 Å². The Morgan fingerprint density at radius 3 is 1.86 bits per heavy atom. The van der Waals surface area contributed by atoms with Gasteiger partial charge in [-0.05, 0) is 22.7 Å². The maximum Gasteiger partial charge on any atom is 0.521 e. The molecule has 0 aliphatic carbocycles. The van der Waals surface area contributed by atoms with Gasteiger partial charge in [-0.25, -0.2) is 19.9 Å². The van der Waals surface area contributed by atoms with Gasteiger partial charge in [0, 0.05) is 32.0 Å². The van der Waals surface area contributed by atoms with Gasteiger partial charge in [-0.1, -0.05) is 26.7 Å². The third-order valence-corrected chi connectivity index (χ3v) is 9.44. The molecule has 0 amide bonds. The van der Waals surface area contributed by atoms with E-state index in [0.717, 1.165) is 8.27 Å². The number of aromatic nitrogens is 8. The van der Waals surface area contributed by atoms with E-state index >= 15 is 0 Å². The van der Waals surface area contributed by atoms with Crippen LogP contribution in [0.4, 0.5) is 20.4 Å². The molecule has 7 heterocycles. The molecule has 3 fully saturated rings. The number of aliphatic hydroxyl groups is 6. The van der Waals surface area contributed by atoms with Crippen molar-refractivity contribution in [3.05, 3.63) is 24.8 Å². The molecule has 4 aromatic heterocycles. The average molecular weight is 1180 g/mol. The van der Waals surface area contributed by atoms with Gasteiger partial charge in [0.1, 0.15) is 24.0 Å². The maximum absolute atomic E-state index is 13.3. The van der Waals surface area contributed by atoms with E-state index in [-0.39, 0.29) is 47.7 Å². The molecule has 406 valence electrons. The second-order valence-electron chi connectivity index (χ2n) is 13.4. The molecule has 14 N–H and O–H groups in total. The Hall–Kier alpha value is -3.66. The predicted molar refractivity (Wildman–Crippen MR) is 248 cm³/mol. The summed E-state index contributed by atoms with van der Waals surface area (Å²) in [5.74, 6) is 6.53. The molecule has 3 aliphatic heterocycles. The summed E-state index contributed by atoms with van der Waals surface area (Å²) in [5, 5.41) is 77.5. The summed E-state index contributed by atoms with van der Waals surface area (Å²) in [6.45, 7) is 2.47. The van der Waals surface area contributed by atoms with Crippen LogP contribution < -0.4 is 31.4 Å². The number of nitrogens with two attached hydrogens (primary N) is 2. The van der Waals surface area contributed by atoms with Crippen molar-refractivity contribution >= 4 is 92.5 Å². The highest BCUT2D eigenvalue weighted by Gasteiger charge is 2.49. The number of nitrogens with zero attached hydrogens (tertiary/aromatic N) is 7. The van der Waals surface area contributed by atoms with E-state index in [0.29, 0.717) is 13.6 Å². The zero-order chi connectivity index (χ0) is 56.5. The Kier molecular flexibility index (Phi) is 31.7. The lowest BCUT2D eigenvalue weighted by Crippen LogP contribution is -2.41. The number of aromatic amines is 1. The minimum Gasteiger partial charge on any atom is -0.756 e. The smallest absolute Gasteiger partial charge is 0.521 e. The lowest BCUT2D eigenvalue weighted by atomic mass is 9.99. The Morgan fingerprint density at radius 1 is 0.973 bits per heavy atom. The highest BCUT2D eigenvalue weighted by Crippen LogP contribution is 2.40. The van der Waals surface area contributed by atoms with Crippen LogP contribution in [0.25, 0.3) is 22.3 Å². The van der Waals surface area contributed by atoms with Crippen molar-refractivity contribution in [3.8, 4) is 37.0 Å². The van der Waals surface area contributed by atoms with Gasteiger partial charge in [0.15, 0.2) is 57.8 Å². The normalized spacial score (nSPS) is 26.7. The van der Waals surface area contributed by atoms with Gasteiger partial charge in [0.05, 0.1) is 32.0 Å². The van der Waals surface area contributed by atoms with E-state index in [1.54, 1.807) is 6.92 Å². The number of imidazole rings is 2. The van der Waals surface area contributed by atoms with Crippen LogP contribution in [0.15, 0.2) is 12.7 Å². The van der Waals surface area contributed by atoms with Gasteiger partial charge in [-0.3, -0.25) is 18.8 Å². The van der Waals surface area contributed by atoms with Crippen LogP contribution in [0.2, 0.25) is 0 Å². The molecule has 4 aromatic rings. The molecule has 7 rings (SSSR count). The average Bonchev–Trinajstić information content (AvgIpc) is 4.15. The molecule has 3 aliphatic rings. The molecule has 41 heteroatoms. The van der Waals surface area contributed by atoms with Crippen molar-refractivity contribution in [2.75, 3.05) is 31.3 Å². The van der Waals surface area contributed by atoms with Crippen LogP contribution in [-0.2, 0) is 41.8 Å². The number of nitrogen functional groups attached to an aromatic ring is 2. The second kappa shape index (κ2) is 33.4. The quantitative estimate of drug-likeness (QED) is 0.0289. The second-order valence-corrected chi connectivity index (χ2v) is 19.1. The molecular formula is C32H46F2N11O21P7-2. The largest absolute Gasteiger partial charge is 0.756 e. The van der Waals surface area contributed by atoms with Gasteiger partial charge in [-0.15, -0.1) is 36.5 Å². The number of fused-ring (bicyclic) bond motifs is 2. The standard InChI is InChI=1S/C12H12FN5O3.C7H11O7P.C7H10O3.C5H4FN5.CH6P2.H3NP2.2HO4P/c1-2-12(4-19)6(20)3-7(21-12)18-5-15-8-9(14)16-11(13)17-10(8)18;1-2-7(4-8)5(9)3-6(13-7)14-15(10,11)12;1-3-7(2)5(8)4-6(9)10-7;6-5-10-3(7)2-4(11-5)9-1-8-2;2*1-3-2;2*1-4-5(2)3/h1,5-7,19-20H,3-4H2,(H2,14,16,17);1,5-6,8-9H,3-4H2,(H2,10,11,12);1,5-6,8-9H,4H2,2H3;1H,(H3,7,8,9,10,11);3H,2H2,1H3;1H,2H2;2*1H/p-2/t6-,7+,12+;5-,6+,7+;5-,6?,7-;;;;;/m000...../s1. The Labute approximate surface area is 420 Å². The number of H-pyrrole nitrogens is 1. The molecule has 15 atom stereocenters. The van der Waals surface area contributed by atoms with Crippen molar-refractivity contribution in [3.63, 3.8) is 0 Å². The molecule has 0 aromatic carbocycles. The first-order valence-electron chi connectivity index (χ1n) is 18.8. The number of phosphoric acid groups is 1. The van der Waals surface area contributed by atoms with Crippen LogP contribution in [-0.4, -0.2) is 148 Å². The third kappa shape index (κ3) is 22.2. The highest BCUT2D eigenvalue weighted by molar-refractivity contribution is 8.02. The minimum atomic E-state index is -4.96. The van der Waals surface area contributed by atoms with Crippen molar-refractivity contribution in [2.24, 2.45) is 0 Å². The van der Waals surface area contributed by atoms with Gasteiger partial charge in [-0.2, -0.15) is 28.7 Å². The number of hydrogen-bond acceptors (Lipinski definition) is 29. The van der Waals surface area contributed by atoms with E-state index in [2.05, 4.69) is 85.1 Å². The SMILES string of the molecule is C#C[C@]1(C)OC(O)C[C@@H]1O.C#C[C@]1(CO)O[C@@H](n2cnc3c(N)nc(F)nc32)C[C@@H]1O.C#C[C@]1(CO)O[C@H](OP(=O)([O-])O)C[C@@H]1O.CPP.N=PP.Nc1nc(F)nc2nc[nH]c12.O=[P+]([O-])OO.O=[P+]([O-])O[O-]. The third-order valence-electron chi connectivity index (χ3n) is 8.69. The molecule has 0 bridgehead atoms. The van der Waals surface area contributed by atoms with E-state index in [9.17, 15) is 38.7 Å². The van der Waals surface area contributed by atoms with Crippen molar-refractivity contribution < 1.29 is 111 Å². The maximum atomic E-state index is 13.3. The zero-order valence-corrected chi connectivity index (χ0v) is 44.1. The van der Waals surface area contributed by atoms with Crippen LogP contribution in [0.5, 0.6) is 0 Å². The predicted octanol–water partition coefficient (Wildman–Crippen LogP) is -2.96. The molecule has 7 unspecified atom stereocenters. The number of terminal acetylenes is 3. The number of anilines is 2. The summed E-state index contributed by atoms with van der Waals surface area (Å²) in [4.78, 5) is 60.7. The molecule has 3 saturated heterocycles. The summed E-state index contributed by atoms with van der Waals surface area (Å²) in [7, 11) is -4.74. The van der Waals surface area contributed by atoms with Crippen LogP contribution in [0.3, 0.4) is 0 Å². The van der Waals surface area contributed by atoms with E-state index in [4.69, 9.17) is 94.6 Å². The first-order valence-corrected chi connectivity index (χ1v) is 28.3. The fourth-order valence-corrected chi connectivity index (χ4v) is 5.84. The lowest BCUT2D eigenvalue weighted by Gasteiger charge is -2.24. The number of ether oxygens (including phenoxy) is 3. The first-order chi connectivity index (χ1) is 34.1. The Morgan fingerprint density at radius 2 is 1.47 bits per heavy atom. The number of phosphoric ester groups is 1. The Bertz CT molecular complexity index is 2560. The summed E-state index contributed by atoms with van der Waals surface area (Å²) in [6.07, 6.45) is 10.2. The molecule has 32 nitrogen and oxygen atoms in total. The van der Waals surface area contributed by atoms with Crippen molar-refractivity contribution in [1.82, 2.24) is 39.5 Å². The van der Waals surface area contributed by atoms with Crippen LogP contribution in [0, 0.1) is 54.3 Å². The summed E-state index contributed by atoms with van der Waals surface area (Å²) >= 11 is 0. The number of rotatable bonds is 7. The fraction of sp³-hybridized carbons (Fsp3) is 0.500. The number of aliphatic hydroxyl groups excluding tert-OH is 6. The zero-order valence-electron chi connectivity index (χ0n) is 37.3. The number of hydrogen-bond donors (Lipinski definition) is 12. The summed E-state index contributed by atoms with van der Waals surface area (Å²) < 4.78 is 79.8. The number of halogens is 2. The van der Waals surface area contributed by atoms with E-state index < -0.39 is 104 Å². The molecule has 0 spiro atoms. The van der Waals surface area contributed by atoms with Gasteiger partial charge in [0.25, 0.3) is 7.82 Å². The number of nitrogens with one attached hydrogen (secondary N) is 2. The lowest BCUT2D eigenvalue weighted by molar-refractivity contribution is -0.644. The summed E-state index contributed by atoms with van der Waals surface area (Å²) in [5.41, 5.74) is 7.79. The van der Waals surface area contributed by atoms with Crippen LogP contribution >= 0.6 is 58.5 Å². The molecular weight excluding hydrogens is 1130 g/mol. The van der Waals surface area contributed by atoms with Crippen LogP contribution in [0.1, 0.15) is 32.4 Å². The fourth-order valence-electron chi connectivity index (χ4n) is 5.41. The van der Waals surface area contributed by atoms with Gasteiger partial charge >= 0.3 is 28.7 Å². The monoisotopic (exact) mass is 1180 g/mol. The topological polar surface area (TPSA) is 535 Å².